The number of hydrogen-bond donors (Lipinski definition) is 2. The zero-order chi connectivity index (χ0) is 15.8. The highest BCUT2D eigenvalue weighted by atomic mass is 79.9. The number of carbonyl (C=O) groups excluding carboxylic acids is 1. The van der Waals surface area contributed by atoms with Crippen LogP contribution in [0.1, 0.15) is 5.56 Å². The van der Waals surface area contributed by atoms with Crippen molar-refractivity contribution >= 4 is 33.7 Å². The molecule has 0 spiro atoms. The first kappa shape index (κ1) is 16.0. The van der Waals surface area contributed by atoms with Gasteiger partial charge in [0.1, 0.15) is 5.75 Å². The Morgan fingerprint density at radius 2 is 2.09 bits per heavy atom. The van der Waals surface area contributed by atoms with Gasteiger partial charge >= 0.3 is 0 Å². The maximum Gasteiger partial charge on any atom is 0.259 e. The second-order valence-electron chi connectivity index (χ2n) is 4.43. The summed E-state index contributed by atoms with van der Waals surface area (Å²) in [7, 11) is 1.60. The first-order valence-corrected chi connectivity index (χ1v) is 7.42. The molecule has 0 radical (unpaired) electrons. The van der Waals surface area contributed by atoms with Crippen LogP contribution in [0, 0.1) is 0 Å². The third-order valence-corrected chi connectivity index (χ3v) is 3.27. The molecule has 2 rings (SSSR count). The van der Waals surface area contributed by atoms with Gasteiger partial charge in [0.05, 0.1) is 19.9 Å². The van der Waals surface area contributed by atoms with Crippen LogP contribution >= 0.6 is 15.9 Å². The average molecular weight is 362 g/mol. The molecular weight excluding hydrogens is 346 g/mol. The Hall–Kier alpha value is -2.34. The van der Waals surface area contributed by atoms with Crippen LogP contribution in [0.25, 0.3) is 0 Å². The molecule has 0 aliphatic rings. The second-order valence-corrected chi connectivity index (χ2v) is 5.35. The first-order chi connectivity index (χ1) is 10.7. The van der Waals surface area contributed by atoms with Crippen molar-refractivity contribution in [3.63, 3.8) is 0 Å². The Morgan fingerprint density at radius 3 is 2.86 bits per heavy atom. The molecular formula is C16H16BrN3O2. The molecule has 0 aromatic heterocycles. The highest BCUT2D eigenvalue weighted by Crippen LogP contribution is 2.15. The van der Waals surface area contributed by atoms with Crippen molar-refractivity contribution in [1.29, 1.82) is 0 Å². The fraction of sp³-hybridized carbons (Fsp3) is 0.125. The van der Waals surface area contributed by atoms with Crippen LogP contribution in [0.2, 0.25) is 0 Å². The molecule has 2 aromatic carbocycles. The number of nitrogens with one attached hydrogen (secondary N) is 2. The molecule has 0 fully saturated rings. The van der Waals surface area contributed by atoms with Gasteiger partial charge < -0.3 is 10.1 Å². The molecule has 0 bridgehead atoms. The summed E-state index contributed by atoms with van der Waals surface area (Å²) in [5.41, 5.74) is 4.18. The minimum Gasteiger partial charge on any atom is -0.497 e. The molecule has 6 heteroatoms. The summed E-state index contributed by atoms with van der Waals surface area (Å²) in [6, 6.07) is 15.0. The molecule has 0 heterocycles. The van der Waals surface area contributed by atoms with Gasteiger partial charge in [0.2, 0.25) is 0 Å². The molecule has 2 aromatic rings. The van der Waals surface area contributed by atoms with E-state index < -0.39 is 0 Å². The molecule has 0 saturated heterocycles. The van der Waals surface area contributed by atoms with Gasteiger partial charge in [-0.2, -0.15) is 5.10 Å². The van der Waals surface area contributed by atoms with Gasteiger partial charge in [0.25, 0.3) is 5.91 Å². The zero-order valence-electron chi connectivity index (χ0n) is 12.0. The number of hydrazone groups is 1. The lowest BCUT2D eigenvalue weighted by molar-refractivity contribution is -0.119. The zero-order valence-corrected chi connectivity index (χ0v) is 13.6. The van der Waals surface area contributed by atoms with Crippen molar-refractivity contribution in [2.24, 2.45) is 5.10 Å². The summed E-state index contributed by atoms with van der Waals surface area (Å²) in [6.45, 7) is 0.145. The van der Waals surface area contributed by atoms with E-state index in [0.29, 0.717) is 0 Å². The SMILES string of the molecule is COc1cccc(/C=N/NC(=O)CNc2cccc(Br)c2)c1. The van der Waals surface area contributed by atoms with Gasteiger partial charge in [0.15, 0.2) is 0 Å². The van der Waals surface area contributed by atoms with Crippen molar-refractivity contribution in [2.45, 2.75) is 0 Å². The largest absolute Gasteiger partial charge is 0.497 e. The number of nitrogens with zero attached hydrogens (tertiary/aromatic N) is 1. The lowest BCUT2D eigenvalue weighted by Crippen LogP contribution is -2.25. The van der Waals surface area contributed by atoms with Crippen LogP contribution in [0.3, 0.4) is 0 Å². The highest BCUT2D eigenvalue weighted by molar-refractivity contribution is 9.10. The Balaban J connectivity index is 1.81. The number of methoxy groups -OCH3 is 1. The molecule has 22 heavy (non-hydrogen) atoms. The number of benzene rings is 2. The second kappa shape index (κ2) is 8.19. The van der Waals surface area contributed by atoms with Gasteiger partial charge in [-0.05, 0) is 35.9 Å². The molecule has 0 saturated carbocycles. The Kier molecular flexibility index (Phi) is 5.97. The standard InChI is InChI=1S/C16H16BrN3O2/c1-22-15-7-2-4-12(8-15)10-19-20-16(21)11-18-14-6-3-5-13(17)9-14/h2-10,18H,11H2,1H3,(H,20,21)/b19-10+. The van der Waals surface area contributed by atoms with Crippen LogP contribution in [0.15, 0.2) is 58.1 Å². The monoisotopic (exact) mass is 361 g/mol. The lowest BCUT2D eigenvalue weighted by Gasteiger charge is -2.05. The molecule has 2 N–H and O–H groups in total. The molecule has 5 nitrogen and oxygen atoms in total. The van der Waals surface area contributed by atoms with Crippen molar-refractivity contribution in [3.05, 3.63) is 58.6 Å². The molecule has 0 atom stereocenters. The maximum atomic E-state index is 11.7. The Labute approximate surface area is 137 Å². The minimum atomic E-state index is -0.223. The first-order valence-electron chi connectivity index (χ1n) is 6.63. The summed E-state index contributed by atoms with van der Waals surface area (Å²) >= 11 is 3.37. The Morgan fingerprint density at radius 1 is 1.27 bits per heavy atom. The van der Waals surface area contributed by atoms with Gasteiger partial charge in [-0.25, -0.2) is 5.43 Å². The van der Waals surface area contributed by atoms with Gasteiger partial charge in [-0.15, -0.1) is 0 Å². The van der Waals surface area contributed by atoms with E-state index in [1.54, 1.807) is 13.3 Å². The summed E-state index contributed by atoms with van der Waals surface area (Å²) < 4.78 is 6.07. The number of anilines is 1. The number of amides is 1. The van der Waals surface area contributed by atoms with E-state index in [2.05, 4.69) is 31.8 Å². The summed E-state index contributed by atoms with van der Waals surface area (Å²) in [4.78, 5) is 11.7. The molecule has 0 aliphatic heterocycles. The number of carbonyl (C=O) groups is 1. The smallest absolute Gasteiger partial charge is 0.259 e. The van der Waals surface area contributed by atoms with E-state index in [1.807, 2.05) is 48.5 Å². The third-order valence-electron chi connectivity index (χ3n) is 2.77. The lowest BCUT2D eigenvalue weighted by atomic mass is 10.2. The quantitative estimate of drug-likeness (QED) is 0.613. The van der Waals surface area contributed by atoms with E-state index in [9.17, 15) is 4.79 Å². The van der Waals surface area contributed by atoms with Crippen LogP contribution in [0.5, 0.6) is 5.75 Å². The van der Waals surface area contributed by atoms with Crippen LogP contribution in [0.4, 0.5) is 5.69 Å². The summed E-state index contributed by atoms with van der Waals surface area (Å²) in [6.07, 6.45) is 1.57. The van der Waals surface area contributed by atoms with E-state index in [-0.39, 0.29) is 12.5 Å². The third kappa shape index (κ3) is 5.21. The predicted octanol–water partition coefficient (Wildman–Crippen LogP) is 3.02. The maximum absolute atomic E-state index is 11.7. The number of halogens is 1. The summed E-state index contributed by atoms with van der Waals surface area (Å²) in [5, 5.41) is 6.93. The van der Waals surface area contributed by atoms with E-state index >= 15 is 0 Å². The number of rotatable bonds is 6. The average Bonchev–Trinajstić information content (AvgIpc) is 2.53. The van der Waals surface area contributed by atoms with Gasteiger partial charge in [-0.1, -0.05) is 34.1 Å². The van der Waals surface area contributed by atoms with Crippen LogP contribution in [-0.4, -0.2) is 25.8 Å². The van der Waals surface area contributed by atoms with Crippen LogP contribution < -0.4 is 15.5 Å². The Bertz CT molecular complexity index is 674. The minimum absolute atomic E-state index is 0.145. The van der Waals surface area contributed by atoms with Gasteiger partial charge in [0, 0.05) is 10.2 Å². The van der Waals surface area contributed by atoms with Crippen molar-refractivity contribution in [2.75, 3.05) is 19.0 Å². The fourth-order valence-corrected chi connectivity index (χ4v) is 2.12. The van der Waals surface area contributed by atoms with E-state index in [4.69, 9.17) is 4.74 Å². The van der Waals surface area contributed by atoms with Crippen molar-refractivity contribution < 1.29 is 9.53 Å². The van der Waals surface area contributed by atoms with E-state index in [0.717, 1.165) is 21.5 Å². The highest BCUT2D eigenvalue weighted by Gasteiger charge is 2.00. The molecule has 0 aliphatic carbocycles. The van der Waals surface area contributed by atoms with Crippen LogP contribution in [-0.2, 0) is 4.79 Å². The fourth-order valence-electron chi connectivity index (χ4n) is 1.72. The number of ether oxygens (including phenoxy) is 1. The summed E-state index contributed by atoms with van der Waals surface area (Å²) in [5.74, 6) is 0.519. The topological polar surface area (TPSA) is 62.7 Å². The molecule has 0 unspecified atom stereocenters. The normalized spacial score (nSPS) is 10.5. The molecule has 114 valence electrons. The van der Waals surface area contributed by atoms with Crippen molar-refractivity contribution in [3.8, 4) is 5.75 Å². The van der Waals surface area contributed by atoms with Crippen molar-refractivity contribution in [1.82, 2.24) is 5.43 Å². The molecule has 1 amide bonds. The van der Waals surface area contributed by atoms with Gasteiger partial charge in [-0.3, -0.25) is 4.79 Å². The van der Waals surface area contributed by atoms with E-state index in [1.165, 1.54) is 0 Å². The predicted molar refractivity (Wildman–Crippen MR) is 91.4 cm³/mol. The number of hydrogen-bond acceptors (Lipinski definition) is 4.